The summed E-state index contributed by atoms with van der Waals surface area (Å²) in [6, 6.07) is 0. The molecule has 0 aromatic heterocycles. The second kappa shape index (κ2) is 5.37. The quantitative estimate of drug-likeness (QED) is 0.506. The van der Waals surface area contributed by atoms with Crippen LogP contribution in [0.4, 0.5) is 4.79 Å². The van der Waals surface area contributed by atoms with Crippen molar-refractivity contribution in [2.45, 2.75) is 5.54 Å². The number of aliphatic carboxylic acids is 1. The number of carboxylic acid groups (broad SMARTS) is 1. The minimum absolute atomic E-state index is 0.0417. The molecule has 0 radical (unpaired) electrons. The fourth-order valence-electron chi connectivity index (χ4n) is 1.50. The first kappa shape index (κ1) is 13.1. The van der Waals surface area contributed by atoms with E-state index in [0.717, 1.165) is 0 Å². The second-order valence-electron chi connectivity index (χ2n) is 3.67. The molecule has 0 aliphatic carbocycles. The summed E-state index contributed by atoms with van der Waals surface area (Å²) in [4.78, 5) is 23.7. The minimum Gasteiger partial charge on any atom is -0.480 e. The Labute approximate surface area is 99.2 Å². The molecule has 92 valence electrons. The number of carbonyl (C=O) groups is 2. The van der Waals surface area contributed by atoms with E-state index in [4.69, 9.17) is 16.3 Å². The van der Waals surface area contributed by atoms with Crippen molar-refractivity contribution in [3.63, 3.8) is 0 Å². The summed E-state index contributed by atoms with van der Waals surface area (Å²) in [6.07, 6.45) is 5.94. The molecule has 1 saturated heterocycles. The van der Waals surface area contributed by atoms with Crippen LogP contribution in [-0.4, -0.2) is 53.8 Å². The Morgan fingerprint density at radius 3 is 2.76 bits per heavy atom. The molecule has 1 aliphatic rings. The molecule has 1 aliphatic heterocycles. The maximum absolute atomic E-state index is 11.4. The van der Waals surface area contributed by atoms with Gasteiger partial charge < -0.3 is 14.7 Å². The highest BCUT2D eigenvalue weighted by molar-refractivity contribution is 5.84. The van der Waals surface area contributed by atoms with Crippen LogP contribution in [0.3, 0.4) is 0 Å². The van der Waals surface area contributed by atoms with Crippen molar-refractivity contribution in [3.8, 4) is 12.3 Å². The summed E-state index contributed by atoms with van der Waals surface area (Å²) >= 11 is 0. The van der Waals surface area contributed by atoms with Crippen LogP contribution >= 0.6 is 0 Å². The third-order valence-corrected chi connectivity index (χ3v) is 2.44. The standard InChI is InChI=1S/C11H14N2O4/c1-3-5-12-11(9(14)15)7-13(8-11)10(16)17-6-4-2/h1,4,12H,2,5-8H2,(H,14,15). The van der Waals surface area contributed by atoms with Crippen LogP contribution < -0.4 is 5.32 Å². The number of carboxylic acids is 1. The number of ether oxygens (including phenoxy) is 1. The molecule has 0 unspecified atom stereocenters. The van der Waals surface area contributed by atoms with Crippen molar-refractivity contribution in [1.82, 2.24) is 10.2 Å². The van der Waals surface area contributed by atoms with Gasteiger partial charge in [-0.15, -0.1) is 6.42 Å². The van der Waals surface area contributed by atoms with Gasteiger partial charge in [-0.05, 0) is 0 Å². The third kappa shape index (κ3) is 2.77. The van der Waals surface area contributed by atoms with Gasteiger partial charge in [0.2, 0.25) is 0 Å². The van der Waals surface area contributed by atoms with E-state index < -0.39 is 17.6 Å². The highest BCUT2D eigenvalue weighted by Crippen LogP contribution is 2.22. The lowest BCUT2D eigenvalue weighted by atomic mass is 9.90. The molecule has 2 N–H and O–H groups in total. The first-order valence-electron chi connectivity index (χ1n) is 5.00. The largest absolute Gasteiger partial charge is 0.480 e. The van der Waals surface area contributed by atoms with E-state index in [0.29, 0.717) is 0 Å². The lowest BCUT2D eigenvalue weighted by Crippen LogP contribution is -2.74. The molecular weight excluding hydrogens is 224 g/mol. The molecule has 1 amide bonds. The van der Waals surface area contributed by atoms with Gasteiger partial charge in [0, 0.05) is 0 Å². The monoisotopic (exact) mass is 238 g/mol. The Kier molecular flexibility index (Phi) is 4.12. The van der Waals surface area contributed by atoms with Crippen molar-refractivity contribution in [1.29, 1.82) is 0 Å². The van der Waals surface area contributed by atoms with Crippen molar-refractivity contribution >= 4 is 12.1 Å². The summed E-state index contributed by atoms with van der Waals surface area (Å²) in [5.74, 6) is 1.28. The van der Waals surface area contributed by atoms with Crippen molar-refractivity contribution in [2.75, 3.05) is 26.2 Å². The average Bonchev–Trinajstić information content (AvgIpc) is 2.24. The second-order valence-corrected chi connectivity index (χ2v) is 3.67. The molecule has 17 heavy (non-hydrogen) atoms. The molecule has 1 fully saturated rings. The molecule has 0 aromatic rings. The first-order chi connectivity index (χ1) is 8.05. The van der Waals surface area contributed by atoms with E-state index in [1.54, 1.807) is 0 Å². The van der Waals surface area contributed by atoms with Crippen LogP contribution in [0, 0.1) is 12.3 Å². The zero-order valence-corrected chi connectivity index (χ0v) is 9.31. The van der Waals surface area contributed by atoms with Crippen LogP contribution in [0.1, 0.15) is 0 Å². The van der Waals surface area contributed by atoms with Crippen molar-refractivity contribution in [3.05, 3.63) is 12.7 Å². The Balaban J connectivity index is 2.50. The van der Waals surface area contributed by atoms with Gasteiger partial charge in [0.1, 0.15) is 6.61 Å². The van der Waals surface area contributed by atoms with Crippen LogP contribution in [-0.2, 0) is 9.53 Å². The maximum atomic E-state index is 11.4. The molecule has 1 rings (SSSR count). The number of nitrogens with one attached hydrogen (secondary N) is 1. The maximum Gasteiger partial charge on any atom is 0.410 e. The van der Waals surface area contributed by atoms with Crippen molar-refractivity contribution < 1.29 is 19.4 Å². The van der Waals surface area contributed by atoms with E-state index in [1.807, 2.05) is 0 Å². The van der Waals surface area contributed by atoms with Crippen LogP contribution in [0.25, 0.3) is 0 Å². The molecule has 0 bridgehead atoms. The van der Waals surface area contributed by atoms with Gasteiger partial charge in [0.25, 0.3) is 0 Å². The minimum atomic E-state index is -1.15. The van der Waals surface area contributed by atoms with Crippen LogP contribution in [0.15, 0.2) is 12.7 Å². The normalized spacial score (nSPS) is 16.5. The fraction of sp³-hybridized carbons (Fsp3) is 0.455. The number of amides is 1. The summed E-state index contributed by atoms with van der Waals surface area (Å²) in [7, 11) is 0. The fourth-order valence-corrected chi connectivity index (χ4v) is 1.50. The number of terminal acetylenes is 1. The topological polar surface area (TPSA) is 78.9 Å². The Morgan fingerprint density at radius 2 is 2.29 bits per heavy atom. The molecule has 0 aromatic carbocycles. The molecule has 1 heterocycles. The van der Waals surface area contributed by atoms with E-state index in [9.17, 15) is 9.59 Å². The molecular formula is C11H14N2O4. The lowest BCUT2D eigenvalue weighted by Gasteiger charge is -2.46. The number of nitrogens with zero attached hydrogens (tertiary/aromatic N) is 1. The van der Waals surface area contributed by atoms with E-state index in [1.165, 1.54) is 11.0 Å². The smallest absolute Gasteiger partial charge is 0.410 e. The van der Waals surface area contributed by atoms with Gasteiger partial charge in [0.15, 0.2) is 5.54 Å². The molecule has 0 spiro atoms. The Bertz CT molecular complexity index is 366. The van der Waals surface area contributed by atoms with Gasteiger partial charge in [-0.25, -0.2) is 4.79 Å². The predicted molar refractivity (Wildman–Crippen MR) is 60.3 cm³/mol. The molecule has 0 saturated carbocycles. The Hall–Kier alpha value is -2.00. The van der Waals surface area contributed by atoms with Crippen LogP contribution in [0.2, 0.25) is 0 Å². The summed E-state index contributed by atoms with van der Waals surface area (Å²) in [6.45, 7) is 3.74. The number of hydrogen-bond acceptors (Lipinski definition) is 4. The SMILES string of the molecule is C#CCNC1(C(=O)O)CN(C(=O)OCC=C)C1. The molecule has 6 nitrogen and oxygen atoms in total. The van der Waals surface area contributed by atoms with Gasteiger partial charge in [0.05, 0.1) is 19.6 Å². The summed E-state index contributed by atoms with van der Waals surface area (Å²) < 4.78 is 4.78. The predicted octanol–water partition coefficient (Wildman–Crippen LogP) is -0.329. The third-order valence-electron chi connectivity index (χ3n) is 2.44. The highest BCUT2D eigenvalue weighted by atomic mass is 16.6. The van der Waals surface area contributed by atoms with Crippen molar-refractivity contribution in [2.24, 2.45) is 0 Å². The number of carbonyl (C=O) groups excluding carboxylic acids is 1. The highest BCUT2D eigenvalue weighted by Gasteiger charge is 2.51. The lowest BCUT2D eigenvalue weighted by molar-refractivity contribution is -0.151. The zero-order chi connectivity index (χ0) is 12.9. The molecule has 6 heteroatoms. The van der Waals surface area contributed by atoms with E-state index in [2.05, 4.69) is 17.8 Å². The summed E-state index contributed by atoms with van der Waals surface area (Å²) in [5.41, 5.74) is -1.15. The van der Waals surface area contributed by atoms with E-state index in [-0.39, 0.29) is 26.2 Å². The zero-order valence-electron chi connectivity index (χ0n) is 9.31. The number of hydrogen-bond donors (Lipinski definition) is 2. The van der Waals surface area contributed by atoms with Gasteiger partial charge in [-0.1, -0.05) is 18.6 Å². The number of rotatable bonds is 5. The first-order valence-corrected chi connectivity index (χ1v) is 5.00. The average molecular weight is 238 g/mol. The van der Waals surface area contributed by atoms with Gasteiger partial charge >= 0.3 is 12.1 Å². The summed E-state index contributed by atoms with van der Waals surface area (Å²) in [5, 5.41) is 11.8. The van der Waals surface area contributed by atoms with Gasteiger partial charge in [-0.3, -0.25) is 10.1 Å². The number of likely N-dealkylation sites (tertiary alicyclic amines) is 1. The molecule has 0 atom stereocenters. The Morgan fingerprint density at radius 1 is 1.65 bits per heavy atom. The van der Waals surface area contributed by atoms with Crippen LogP contribution in [0.5, 0.6) is 0 Å². The van der Waals surface area contributed by atoms with Gasteiger partial charge in [-0.2, -0.15) is 0 Å². The van der Waals surface area contributed by atoms with E-state index >= 15 is 0 Å².